The number of nitrogens with one attached hydrogen (secondary N) is 2. The molecule has 2 heterocycles. The Bertz CT molecular complexity index is 638. The summed E-state index contributed by atoms with van der Waals surface area (Å²) in [6, 6.07) is 2.18. The van der Waals surface area contributed by atoms with Gasteiger partial charge in [-0.3, -0.25) is 4.79 Å². The maximum Gasteiger partial charge on any atom is 0.274 e. The molecule has 5 nitrogen and oxygen atoms in total. The third kappa shape index (κ3) is 4.16. The molecule has 0 amide bonds. The lowest BCUT2D eigenvalue weighted by atomic mass is 9.92. The third-order valence-corrected chi connectivity index (χ3v) is 4.34. The minimum absolute atomic E-state index is 0.0189. The average Bonchev–Trinajstić information content (AvgIpc) is 2.91. The van der Waals surface area contributed by atoms with Gasteiger partial charge in [-0.25, -0.2) is 4.68 Å². The standard InChI is InChI=1S/C18H30N4O/c1-13(18(2,3)4)19-12-16-14(8-10-21(5)6)11-15-7-9-20-22(15)17(16)23/h11,19-20H,1,7-10,12H2,2-6H3. The second-order valence-corrected chi connectivity index (χ2v) is 7.57. The van der Waals surface area contributed by atoms with E-state index in [1.807, 2.05) is 0 Å². The first kappa shape index (κ1) is 17.6. The molecule has 1 aromatic rings. The summed E-state index contributed by atoms with van der Waals surface area (Å²) in [6.45, 7) is 12.7. The lowest BCUT2D eigenvalue weighted by Gasteiger charge is -2.24. The summed E-state index contributed by atoms with van der Waals surface area (Å²) in [7, 11) is 4.11. The van der Waals surface area contributed by atoms with E-state index < -0.39 is 0 Å². The molecule has 1 aliphatic heterocycles. The normalized spacial score (nSPS) is 13.8. The van der Waals surface area contributed by atoms with E-state index in [1.54, 1.807) is 4.68 Å². The lowest BCUT2D eigenvalue weighted by Crippen LogP contribution is -2.34. The Kier molecular flexibility index (Phi) is 5.19. The monoisotopic (exact) mass is 318 g/mol. The van der Waals surface area contributed by atoms with Crippen molar-refractivity contribution >= 4 is 0 Å². The van der Waals surface area contributed by atoms with E-state index in [4.69, 9.17) is 0 Å². The molecule has 128 valence electrons. The highest BCUT2D eigenvalue weighted by Crippen LogP contribution is 2.21. The highest BCUT2D eigenvalue weighted by atomic mass is 16.1. The highest BCUT2D eigenvalue weighted by molar-refractivity contribution is 5.31. The zero-order valence-electron chi connectivity index (χ0n) is 15.1. The Morgan fingerprint density at radius 3 is 2.74 bits per heavy atom. The van der Waals surface area contributed by atoms with Crippen LogP contribution < -0.4 is 16.3 Å². The van der Waals surface area contributed by atoms with Gasteiger partial charge in [0.2, 0.25) is 0 Å². The molecular formula is C18H30N4O. The van der Waals surface area contributed by atoms with Crippen LogP contribution in [0.15, 0.2) is 23.1 Å². The number of fused-ring (bicyclic) bond motifs is 1. The molecule has 1 aromatic heterocycles. The zero-order chi connectivity index (χ0) is 17.2. The van der Waals surface area contributed by atoms with Crippen LogP contribution in [-0.4, -0.2) is 36.8 Å². The van der Waals surface area contributed by atoms with Crippen molar-refractivity contribution in [2.24, 2.45) is 5.41 Å². The van der Waals surface area contributed by atoms with Gasteiger partial charge >= 0.3 is 0 Å². The molecule has 1 aliphatic rings. The minimum Gasteiger partial charge on any atom is -0.384 e. The molecule has 0 bridgehead atoms. The molecule has 0 spiro atoms. The van der Waals surface area contributed by atoms with Crippen LogP contribution in [0.5, 0.6) is 0 Å². The molecule has 5 heteroatoms. The summed E-state index contributed by atoms with van der Waals surface area (Å²) in [4.78, 5) is 15.0. The Balaban J connectivity index is 2.28. The topological polar surface area (TPSA) is 49.3 Å². The van der Waals surface area contributed by atoms with Gasteiger partial charge in [0.15, 0.2) is 0 Å². The van der Waals surface area contributed by atoms with E-state index in [2.05, 4.69) is 63.2 Å². The number of rotatable bonds is 6. The van der Waals surface area contributed by atoms with Crippen LogP contribution in [0.4, 0.5) is 0 Å². The van der Waals surface area contributed by atoms with Crippen LogP contribution in [0.1, 0.15) is 37.6 Å². The van der Waals surface area contributed by atoms with Gasteiger partial charge in [-0.05, 0) is 32.1 Å². The van der Waals surface area contributed by atoms with Gasteiger partial charge in [-0.2, -0.15) is 0 Å². The zero-order valence-corrected chi connectivity index (χ0v) is 15.1. The second-order valence-electron chi connectivity index (χ2n) is 7.57. The first-order chi connectivity index (χ1) is 10.7. The molecule has 0 radical (unpaired) electrons. The summed E-state index contributed by atoms with van der Waals surface area (Å²) in [5.74, 6) is 0. The number of pyridine rings is 1. The average molecular weight is 318 g/mol. The first-order valence-electron chi connectivity index (χ1n) is 8.28. The first-order valence-corrected chi connectivity index (χ1v) is 8.28. The van der Waals surface area contributed by atoms with Gasteiger partial charge in [-0.1, -0.05) is 27.4 Å². The van der Waals surface area contributed by atoms with Crippen molar-refractivity contribution in [3.05, 3.63) is 45.5 Å². The van der Waals surface area contributed by atoms with Crippen LogP contribution >= 0.6 is 0 Å². The molecular weight excluding hydrogens is 288 g/mol. The fraction of sp³-hybridized carbons (Fsp3) is 0.611. The Labute approximate surface area is 139 Å². The number of allylic oxidation sites excluding steroid dienone is 1. The second kappa shape index (κ2) is 6.79. The van der Waals surface area contributed by atoms with Gasteiger partial charge in [0.25, 0.3) is 5.56 Å². The van der Waals surface area contributed by atoms with E-state index >= 15 is 0 Å². The van der Waals surface area contributed by atoms with Gasteiger partial charge in [-0.15, -0.1) is 0 Å². The lowest BCUT2D eigenvalue weighted by molar-refractivity contribution is 0.412. The summed E-state index contributed by atoms with van der Waals surface area (Å²) in [6.07, 6.45) is 1.79. The highest BCUT2D eigenvalue weighted by Gasteiger charge is 2.20. The van der Waals surface area contributed by atoms with Gasteiger partial charge < -0.3 is 15.6 Å². The van der Waals surface area contributed by atoms with Gasteiger partial charge in [0.1, 0.15) is 0 Å². The van der Waals surface area contributed by atoms with Crippen LogP contribution in [0.25, 0.3) is 0 Å². The predicted octanol–water partition coefficient (Wildman–Crippen LogP) is 1.70. The van der Waals surface area contributed by atoms with Crippen molar-refractivity contribution in [2.75, 3.05) is 32.6 Å². The largest absolute Gasteiger partial charge is 0.384 e. The summed E-state index contributed by atoms with van der Waals surface area (Å²) >= 11 is 0. The molecule has 2 N–H and O–H groups in total. The van der Waals surface area contributed by atoms with Crippen molar-refractivity contribution in [3.63, 3.8) is 0 Å². The van der Waals surface area contributed by atoms with E-state index in [-0.39, 0.29) is 11.0 Å². The van der Waals surface area contributed by atoms with Gasteiger partial charge in [0.05, 0.1) is 0 Å². The summed E-state index contributed by atoms with van der Waals surface area (Å²) in [5, 5.41) is 3.35. The maximum atomic E-state index is 12.8. The number of nitrogens with zero attached hydrogens (tertiary/aromatic N) is 2. The Morgan fingerprint density at radius 1 is 1.43 bits per heavy atom. The van der Waals surface area contributed by atoms with Gasteiger partial charge in [0, 0.05) is 48.4 Å². The van der Waals surface area contributed by atoms with E-state index in [0.29, 0.717) is 6.54 Å². The molecule has 0 aromatic carbocycles. The third-order valence-electron chi connectivity index (χ3n) is 4.34. The van der Waals surface area contributed by atoms with Crippen molar-refractivity contribution in [1.29, 1.82) is 0 Å². The van der Waals surface area contributed by atoms with Crippen molar-refractivity contribution in [1.82, 2.24) is 14.9 Å². The number of hydrogen-bond acceptors (Lipinski definition) is 4. The fourth-order valence-corrected chi connectivity index (χ4v) is 2.63. The van der Waals surface area contributed by atoms with Crippen molar-refractivity contribution in [2.45, 2.75) is 40.2 Å². The fourth-order valence-electron chi connectivity index (χ4n) is 2.63. The van der Waals surface area contributed by atoms with E-state index in [9.17, 15) is 4.79 Å². The quantitative estimate of drug-likeness (QED) is 0.838. The predicted molar refractivity (Wildman–Crippen MR) is 96.3 cm³/mol. The Hall–Kier alpha value is -1.75. The molecule has 0 atom stereocenters. The Morgan fingerprint density at radius 2 is 2.13 bits per heavy atom. The van der Waals surface area contributed by atoms with Crippen molar-refractivity contribution < 1.29 is 0 Å². The van der Waals surface area contributed by atoms with Crippen LogP contribution in [0, 0.1) is 5.41 Å². The van der Waals surface area contributed by atoms with Crippen molar-refractivity contribution in [3.8, 4) is 0 Å². The number of likely N-dealkylation sites (N-methyl/N-ethyl adjacent to an activating group) is 1. The molecule has 23 heavy (non-hydrogen) atoms. The minimum atomic E-state index is -0.0189. The maximum absolute atomic E-state index is 12.8. The number of hydrogen-bond donors (Lipinski definition) is 2. The van der Waals surface area contributed by atoms with Crippen LogP contribution in [-0.2, 0) is 19.4 Å². The van der Waals surface area contributed by atoms with E-state index in [0.717, 1.165) is 48.4 Å². The van der Waals surface area contributed by atoms with E-state index in [1.165, 1.54) is 0 Å². The molecule has 0 fully saturated rings. The van der Waals surface area contributed by atoms with Crippen LogP contribution in [0.2, 0.25) is 0 Å². The smallest absolute Gasteiger partial charge is 0.274 e. The molecule has 0 unspecified atom stereocenters. The van der Waals surface area contributed by atoms with Crippen LogP contribution in [0.3, 0.4) is 0 Å². The molecule has 0 aliphatic carbocycles. The SMILES string of the molecule is C=C(NCc1c(CCN(C)C)cc2n(c1=O)NCC2)C(C)(C)C. The summed E-state index contributed by atoms with van der Waals surface area (Å²) < 4.78 is 1.70. The molecule has 2 rings (SSSR count). The number of aromatic nitrogens is 1. The molecule has 0 saturated carbocycles. The summed E-state index contributed by atoms with van der Waals surface area (Å²) in [5.41, 5.74) is 7.24. The molecule has 0 saturated heterocycles.